The Labute approximate surface area is 162 Å². The third-order valence-electron chi connectivity index (χ3n) is 3.71. The van der Waals surface area contributed by atoms with Crippen molar-refractivity contribution in [1.82, 2.24) is 20.2 Å². The summed E-state index contributed by atoms with van der Waals surface area (Å²) in [5.74, 6) is 1.36. The van der Waals surface area contributed by atoms with Gasteiger partial charge in [0.2, 0.25) is 5.95 Å². The van der Waals surface area contributed by atoms with E-state index in [1.807, 2.05) is 36.4 Å². The second kappa shape index (κ2) is 8.87. The van der Waals surface area contributed by atoms with Crippen LogP contribution in [0.25, 0.3) is 0 Å². The molecule has 0 fully saturated rings. The van der Waals surface area contributed by atoms with E-state index >= 15 is 0 Å². The van der Waals surface area contributed by atoms with Crippen LogP contribution in [0.4, 0.5) is 5.95 Å². The van der Waals surface area contributed by atoms with E-state index in [0.29, 0.717) is 29.1 Å². The van der Waals surface area contributed by atoms with Crippen molar-refractivity contribution in [3.8, 4) is 5.75 Å². The highest BCUT2D eigenvalue weighted by molar-refractivity contribution is 6.30. The van der Waals surface area contributed by atoms with E-state index in [1.54, 1.807) is 10.7 Å². The number of nitrogens with zero attached hydrogens (tertiary/aromatic N) is 4. The fourth-order valence-electron chi connectivity index (χ4n) is 2.48. The van der Waals surface area contributed by atoms with Crippen molar-refractivity contribution in [3.63, 3.8) is 0 Å². The molecule has 0 aliphatic carbocycles. The van der Waals surface area contributed by atoms with Gasteiger partial charge in [0, 0.05) is 28.7 Å². The van der Waals surface area contributed by atoms with Crippen molar-refractivity contribution in [1.29, 1.82) is 0 Å². The maximum absolute atomic E-state index is 6.15. The van der Waals surface area contributed by atoms with E-state index in [4.69, 9.17) is 27.9 Å². The van der Waals surface area contributed by atoms with Gasteiger partial charge in [-0.1, -0.05) is 47.4 Å². The van der Waals surface area contributed by atoms with Gasteiger partial charge in [-0.3, -0.25) is 0 Å². The Balaban J connectivity index is 1.70. The van der Waals surface area contributed by atoms with E-state index in [0.717, 1.165) is 29.8 Å². The molecule has 0 atom stereocenters. The summed E-state index contributed by atoms with van der Waals surface area (Å²) in [4.78, 5) is 0. The van der Waals surface area contributed by atoms with E-state index in [-0.39, 0.29) is 0 Å². The quantitative estimate of drug-likeness (QED) is 0.608. The first-order chi connectivity index (χ1) is 12.7. The van der Waals surface area contributed by atoms with Gasteiger partial charge in [-0.25, -0.2) is 4.68 Å². The smallest absolute Gasteiger partial charge is 0.243 e. The SMILES string of the molecule is CCCn1nnnc1NCc1cc(Cl)ccc1OCc1cccc(Cl)c1. The van der Waals surface area contributed by atoms with Crippen LogP contribution in [-0.2, 0) is 19.7 Å². The summed E-state index contributed by atoms with van der Waals surface area (Å²) in [7, 11) is 0. The summed E-state index contributed by atoms with van der Waals surface area (Å²) in [5, 5.41) is 16.2. The number of aryl methyl sites for hydroxylation is 1. The van der Waals surface area contributed by atoms with Gasteiger partial charge in [0.15, 0.2) is 0 Å². The number of ether oxygens (including phenoxy) is 1. The molecule has 1 aromatic heterocycles. The lowest BCUT2D eigenvalue weighted by Gasteiger charge is -2.13. The number of tetrazole rings is 1. The molecule has 0 saturated heterocycles. The molecule has 0 spiro atoms. The van der Waals surface area contributed by atoms with Crippen molar-refractivity contribution >= 4 is 29.2 Å². The van der Waals surface area contributed by atoms with Crippen molar-refractivity contribution < 1.29 is 4.74 Å². The monoisotopic (exact) mass is 391 g/mol. The highest BCUT2D eigenvalue weighted by Crippen LogP contribution is 2.25. The van der Waals surface area contributed by atoms with Crippen LogP contribution >= 0.6 is 23.2 Å². The lowest BCUT2D eigenvalue weighted by molar-refractivity contribution is 0.303. The van der Waals surface area contributed by atoms with Crippen molar-refractivity contribution in [3.05, 3.63) is 63.6 Å². The molecular formula is C18H19Cl2N5O. The predicted octanol–water partition coefficient (Wildman–Crippen LogP) is 4.58. The fourth-order valence-corrected chi connectivity index (χ4v) is 2.89. The zero-order valence-corrected chi connectivity index (χ0v) is 15.8. The minimum absolute atomic E-state index is 0.419. The third kappa shape index (κ3) is 4.86. The van der Waals surface area contributed by atoms with Gasteiger partial charge in [0.25, 0.3) is 0 Å². The molecule has 0 saturated carbocycles. The number of rotatable bonds is 8. The van der Waals surface area contributed by atoms with Crippen LogP contribution in [-0.4, -0.2) is 20.2 Å². The molecule has 1 N–H and O–H groups in total. The molecular weight excluding hydrogens is 373 g/mol. The molecule has 1 heterocycles. The number of benzene rings is 2. The Morgan fingerprint density at radius 2 is 1.96 bits per heavy atom. The Kier molecular flexibility index (Phi) is 6.30. The van der Waals surface area contributed by atoms with Crippen LogP contribution in [0.2, 0.25) is 10.0 Å². The molecule has 26 heavy (non-hydrogen) atoms. The maximum Gasteiger partial charge on any atom is 0.243 e. The lowest BCUT2D eigenvalue weighted by atomic mass is 10.2. The summed E-state index contributed by atoms with van der Waals surface area (Å²) < 4.78 is 7.70. The average Bonchev–Trinajstić information content (AvgIpc) is 3.07. The molecule has 0 amide bonds. The maximum atomic E-state index is 6.15. The number of halogens is 2. The number of hydrogen-bond acceptors (Lipinski definition) is 5. The molecule has 0 unspecified atom stereocenters. The molecule has 2 aromatic carbocycles. The van der Waals surface area contributed by atoms with E-state index in [2.05, 4.69) is 27.8 Å². The van der Waals surface area contributed by atoms with Crippen molar-refractivity contribution in [2.45, 2.75) is 33.0 Å². The Bertz CT molecular complexity index is 868. The molecule has 3 rings (SSSR count). The molecule has 3 aromatic rings. The second-order valence-electron chi connectivity index (χ2n) is 5.75. The average molecular weight is 392 g/mol. The molecule has 8 heteroatoms. The summed E-state index contributed by atoms with van der Waals surface area (Å²) in [6.07, 6.45) is 0.949. The summed E-state index contributed by atoms with van der Waals surface area (Å²) >= 11 is 12.2. The summed E-state index contributed by atoms with van der Waals surface area (Å²) in [6, 6.07) is 13.1. The Morgan fingerprint density at radius 3 is 2.77 bits per heavy atom. The van der Waals surface area contributed by atoms with Gasteiger partial charge in [-0.15, -0.1) is 0 Å². The number of hydrogen-bond donors (Lipinski definition) is 1. The predicted molar refractivity (Wildman–Crippen MR) is 103 cm³/mol. The zero-order chi connectivity index (χ0) is 18.4. The van der Waals surface area contributed by atoms with Crippen LogP contribution in [0.5, 0.6) is 5.75 Å². The topological polar surface area (TPSA) is 64.9 Å². The minimum Gasteiger partial charge on any atom is -0.489 e. The first-order valence-corrected chi connectivity index (χ1v) is 9.07. The van der Waals surface area contributed by atoms with Crippen molar-refractivity contribution in [2.24, 2.45) is 0 Å². The first-order valence-electron chi connectivity index (χ1n) is 8.31. The lowest BCUT2D eigenvalue weighted by Crippen LogP contribution is -2.10. The molecule has 0 aliphatic heterocycles. The molecule has 0 radical (unpaired) electrons. The molecule has 0 bridgehead atoms. The van der Waals surface area contributed by atoms with E-state index in [1.165, 1.54) is 0 Å². The van der Waals surface area contributed by atoms with Gasteiger partial charge < -0.3 is 10.1 Å². The first kappa shape index (κ1) is 18.5. The molecule has 0 aliphatic rings. The van der Waals surface area contributed by atoms with Crippen LogP contribution < -0.4 is 10.1 Å². The zero-order valence-electron chi connectivity index (χ0n) is 14.3. The van der Waals surface area contributed by atoms with E-state index < -0.39 is 0 Å². The summed E-state index contributed by atoms with van der Waals surface area (Å²) in [5.41, 5.74) is 1.92. The number of nitrogens with one attached hydrogen (secondary N) is 1. The van der Waals surface area contributed by atoms with Gasteiger partial charge in [0.1, 0.15) is 12.4 Å². The van der Waals surface area contributed by atoms with Crippen LogP contribution in [0.1, 0.15) is 24.5 Å². The van der Waals surface area contributed by atoms with Crippen molar-refractivity contribution in [2.75, 3.05) is 5.32 Å². The normalized spacial score (nSPS) is 10.7. The number of anilines is 1. The van der Waals surface area contributed by atoms with E-state index in [9.17, 15) is 0 Å². The Hall–Kier alpha value is -2.31. The highest BCUT2D eigenvalue weighted by Gasteiger charge is 2.09. The van der Waals surface area contributed by atoms with Gasteiger partial charge in [0.05, 0.1) is 0 Å². The second-order valence-corrected chi connectivity index (χ2v) is 6.62. The standard InChI is InChI=1S/C18H19Cl2N5O/c1-2-8-25-18(22-23-24-25)21-11-14-10-16(20)6-7-17(14)26-12-13-4-3-5-15(19)9-13/h3-7,9-10H,2,8,11-12H2,1H3,(H,21,22,24). The molecule has 6 nitrogen and oxygen atoms in total. The Morgan fingerprint density at radius 1 is 1.12 bits per heavy atom. The number of aromatic nitrogens is 4. The fraction of sp³-hybridized carbons (Fsp3) is 0.278. The van der Waals surface area contributed by atoms with Gasteiger partial charge >= 0.3 is 0 Å². The summed E-state index contributed by atoms with van der Waals surface area (Å²) in [6.45, 7) is 3.74. The van der Waals surface area contributed by atoms with Crippen LogP contribution in [0.15, 0.2) is 42.5 Å². The molecule has 136 valence electrons. The van der Waals surface area contributed by atoms with Gasteiger partial charge in [-0.2, -0.15) is 0 Å². The van der Waals surface area contributed by atoms with Crippen LogP contribution in [0.3, 0.4) is 0 Å². The van der Waals surface area contributed by atoms with Crippen LogP contribution in [0, 0.1) is 0 Å². The van der Waals surface area contributed by atoms with Gasteiger partial charge in [-0.05, 0) is 52.7 Å². The largest absolute Gasteiger partial charge is 0.489 e. The minimum atomic E-state index is 0.419. The highest BCUT2D eigenvalue weighted by atomic mass is 35.5. The third-order valence-corrected chi connectivity index (χ3v) is 4.18.